The lowest BCUT2D eigenvalue weighted by atomic mass is 10.1. The molecule has 0 radical (unpaired) electrons. The predicted molar refractivity (Wildman–Crippen MR) is 66.9 cm³/mol. The second-order valence-electron chi connectivity index (χ2n) is 5.75. The first-order chi connectivity index (χ1) is 8.75. The maximum atomic E-state index is 5.94. The smallest absolute Gasteiger partial charge is 0.217 e. The van der Waals surface area contributed by atoms with Crippen molar-refractivity contribution < 1.29 is 18.4 Å². The number of rotatable bonds is 3. The molecule has 2 aliphatic rings. The molecule has 2 fully saturated rings. The van der Waals surface area contributed by atoms with Crippen LogP contribution in [0.3, 0.4) is 0 Å². The van der Waals surface area contributed by atoms with Crippen molar-refractivity contribution in [1.29, 1.82) is 0 Å². The van der Waals surface area contributed by atoms with Gasteiger partial charge in [0.05, 0.1) is 33.0 Å². The van der Waals surface area contributed by atoms with Crippen LogP contribution >= 0.6 is 0 Å². The van der Waals surface area contributed by atoms with Crippen molar-refractivity contribution in [2.24, 2.45) is 0 Å². The zero-order chi connectivity index (χ0) is 12.4. The molecule has 3 rings (SSSR count). The van der Waals surface area contributed by atoms with Gasteiger partial charge in [-0.2, -0.15) is 0 Å². The zero-order valence-corrected chi connectivity index (χ0v) is 11.0. The van der Waals surface area contributed by atoms with Crippen LogP contribution < -0.4 is 0 Å². The minimum absolute atomic E-state index is 0.197. The largest absolute Gasteiger partial charge is 0.464 e. The van der Waals surface area contributed by atoms with E-state index in [1.165, 1.54) is 32.4 Å². The van der Waals surface area contributed by atoms with Crippen LogP contribution in [0.15, 0.2) is 22.8 Å². The molecule has 18 heavy (non-hydrogen) atoms. The molecule has 4 heteroatoms. The Balaban J connectivity index is 1.56. The Hall–Kier alpha value is -0.840. The Kier molecular flexibility index (Phi) is 3.41. The summed E-state index contributed by atoms with van der Waals surface area (Å²) in [7, 11) is 2.34. The van der Waals surface area contributed by atoms with E-state index in [1.54, 1.807) is 6.26 Å². The van der Waals surface area contributed by atoms with E-state index in [4.69, 9.17) is 13.9 Å². The normalized spacial score (nSPS) is 31.6. The van der Waals surface area contributed by atoms with E-state index in [9.17, 15) is 0 Å². The standard InChI is InChI=1S/C14H22NO3/c1-15(7-3-2-4-8-15)10-12-11-17-14(18-12)13-6-5-9-16-13/h5-6,9,12,14H,2-4,7-8,10-11H2,1H3/q+1/t12-,14-/m1/s1. The number of likely N-dealkylation sites (tertiary alicyclic amines) is 1. The van der Waals surface area contributed by atoms with Crippen LogP contribution in [0.4, 0.5) is 0 Å². The number of furan rings is 1. The number of nitrogens with zero attached hydrogens (tertiary/aromatic N) is 1. The molecule has 2 aliphatic heterocycles. The van der Waals surface area contributed by atoms with Crippen LogP contribution in [0, 0.1) is 0 Å². The molecule has 4 nitrogen and oxygen atoms in total. The molecule has 0 spiro atoms. The van der Waals surface area contributed by atoms with Gasteiger partial charge in [0.25, 0.3) is 0 Å². The Labute approximate surface area is 108 Å². The fourth-order valence-electron chi connectivity index (χ4n) is 3.07. The monoisotopic (exact) mass is 252 g/mol. The third kappa shape index (κ3) is 2.60. The Morgan fingerprint density at radius 2 is 2.11 bits per heavy atom. The Morgan fingerprint density at radius 3 is 2.83 bits per heavy atom. The first-order valence-electron chi connectivity index (χ1n) is 6.89. The minimum atomic E-state index is -0.304. The Morgan fingerprint density at radius 1 is 1.28 bits per heavy atom. The lowest BCUT2D eigenvalue weighted by Gasteiger charge is -2.39. The van der Waals surface area contributed by atoms with Crippen molar-refractivity contribution >= 4 is 0 Å². The van der Waals surface area contributed by atoms with Gasteiger partial charge in [0, 0.05) is 0 Å². The zero-order valence-electron chi connectivity index (χ0n) is 11.0. The molecule has 0 aliphatic carbocycles. The highest BCUT2D eigenvalue weighted by Gasteiger charge is 2.36. The molecule has 0 unspecified atom stereocenters. The molecular formula is C14H22NO3+. The van der Waals surface area contributed by atoms with Gasteiger partial charge in [-0.15, -0.1) is 0 Å². The molecule has 1 aromatic heterocycles. The molecule has 0 aromatic carbocycles. The molecule has 0 amide bonds. The van der Waals surface area contributed by atoms with Gasteiger partial charge >= 0.3 is 0 Å². The van der Waals surface area contributed by atoms with Gasteiger partial charge in [-0.1, -0.05) is 0 Å². The fourth-order valence-corrected chi connectivity index (χ4v) is 3.07. The van der Waals surface area contributed by atoms with Crippen molar-refractivity contribution in [3.63, 3.8) is 0 Å². The minimum Gasteiger partial charge on any atom is -0.464 e. The molecule has 2 saturated heterocycles. The SMILES string of the molecule is C[N+]1(C[C@@H]2CO[C@@H](c3ccco3)O2)CCCCC1. The van der Waals surface area contributed by atoms with Crippen molar-refractivity contribution in [3.8, 4) is 0 Å². The van der Waals surface area contributed by atoms with Crippen molar-refractivity contribution in [1.82, 2.24) is 0 Å². The summed E-state index contributed by atoms with van der Waals surface area (Å²) in [6, 6.07) is 3.78. The van der Waals surface area contributed by atoms with E-state index < -0.39 is 0 Å². The van der Waals surface area contributed by atoms with Gasteiger partial charge in [0.2, 0.25) is 6.29 Å². The third-order valence-corrected chi connectivity index (χ3v) is 4.07. The number of ether oxygens (including phenoxy) is 2. The predicted octanol–water partition coefficient (Wildman–Crippen LogP) is 2.32. The highest BCUT2D eigenvalue weighted by molar-refractivity contribution is 5.00. The fraction of sp³-hybridized carbons (Fsp3) is 0.714. The van der Waals surface area contributed by atoms with Gasteiger partial charge < -0.3 is 18.4 Å². The highest BCUT2D eigenvalue weighted by Crippen LogP contribution is 2.29. The van der Waals surface area contributed by atoms with Crippen LogP contribution in [0.1, 0.15) is 31.3 Å². The van der Waals surface area contributed by atoms with Crippen molar-refractivity contribution in [3.05, 3.63) is 24.2 Å². The molecule has 100 valence electrons. The molecule has 0 saturated carbocycles. The van der Waals surface area contributed by atoms with E-state index >= 15 is 0 Å². The van der Waals surface area contributed by atoms with Gasteiger partial charge in [0.1, 0.15) is 12.6 Å². The van der Waals surface area contributed by atoms with E-state index in [0.29, 0.717) is 6.61 Å². The van der Waals surface area contributed by atoms with Crippen LogP contribution in [-0.4, -0.2) is 43.9 Å². The first kappa shape index (κ1) is 12.2. The quantitative estimate of drug-likeness (QED) is 0.774. The van der Waals surface area contributed by atoms with Crippen LogP contribution in [0.25, 0.3) is 0 Å². The molecule has 0 bridgehead atoms. The number of hydrogen-bond donors (Lipinski definition) is 0. The summed E-state index contributed by atoms with van der Waals surface area (Å²) in [5, 5.41) is 0. The van der Waals surface area contributed by atoms with Crippen molar-refractivity contribution in [2.45, 2.75) is 31.7 Å². The van der Waals surface area contributed by atoms with Gasteiger partial charge in [-0.25, -0.2) is 0 Å². The van der Waals surface area contributed by atoms with E-state index in [1.807, 2.05) is 12.1 Å². The second kappa shape index (κ2) is 5.03. The highest BCUT2D eigenvalue weighted by atomic mass is 16.7. The number of quaternary nitrogens is 1. The topological polar surface area (TPSA) is 31.6 Å². The van der Waals surface area contributed by atoms with Crippen LogP contribution in [0.2, 0.25) is 0 Å². The second-order valence-corrected chi connectivity index (χ2v) is 5.75. The third-order valence-electron chi connectivity index (χ3n) is 4.07. The number of likely N-dealkylation sites (N-methyl/N-ethyl adjacent to an activating group) is 1. The Bertz CT molecular complexity index is 370. The van der Waals surface area contributed by atoms with E-state index in [2.05, 4.69) is 7.05 Å². The first-order valence-corrected chi connectivity index (χ1v) is 6.89. The van der Waals surface area contributed by atoms with Gasteiger partial charge in [0.15, 0.2) is 5.76 Å². The van der Waals surface area contributed by atoms with E-state index in [-0.39, 0.29) is 12.4 Å². The van der Waals surface area contributed by atoms with E-state index in [0.717, 1.165) is 16.8 Å². The summed E-state index contributed by atoms with van der Waals surface area (Å²) < 4.78 is 18.1. The summed E-state index contributed by atoms with van der Waals surface area (Å²) in [5.74, 6) is 0.777. The summed E-state index contributed by atoms with van der Waals surface area (Å²) in [5.41, 5.74) is 0. The van der Waals surface area contributed by atoms with Gasteiger partial charge in [-0.3, -0.25) is 0 Å². The maximum Gasteiger partial charge on any atom is 0.217 e. The van der Waals surface area contributed by atoms with Gasteiger partial charge in [-0.05, 0) is 31.4 Å². The lowest BCUT2D eigenvalue weighted by molar-refractivity contribution is -0.916. The molecule has 0 N–H and O–H groups in total. The summed E-state index contributed by atoms with van der Waals surface area (Å²) in [4.78, 5) is 0. The average Bonchev–Trinajstić information content (AvgIpc) is 2.99. The average molecular weight is 252 g/mol. The van der Waals surface area contributed by atoms with Crippen LogP contribution in [0.5, 0.6) is 0 Å². The lowest BCUT2D eigenvalue weighted by Crippen LogP contribution is -2.52. The van der Waals surface area contributed by atoms with Crippen LogP contribution in [-0.2, 0) is 9.47 Å². The molecule has 3 heterocycles. The number of hydrogen-bond acceptors (Lipinski definition) is 3. The molecule has 2 atom stereocenters. The van der Waals surface area contributed by atoms with Crippen molar-refractivity contribution in [2.75, 3.05) is 33.3 Å². The summed E-state index contributed by atoms with van der Waals surface area (Å²) in [6.07, 6.45) is 5.61. The maximum absolute atomic E-state index is 5.94. The summed E-state index contributed by atoms with van der Waals surface area (Å²) >= 11 is 0. The molecule has 1 aromatic rings. The summed E-state index contributed by atoms with van der Waals surface area (Å²) in [6.45, 7) is 4.27. The number of piperidine rings is 1. The molecular weight excluding hydrogens is 230 g/mol.